The van der Waals surface area contributed by atoms with Gasteiger partial charge >= 0.3 is 0 Å². The summed E-state index contributed by atoms with van der Waals surface area (Å²) in [4.78, 5) is 0. The van der Waals surface area contributed by atoms with Crippen LogP contribution in [0.5, 0.6) is 5.75 Å². The van der Waals surface area contributed by atoms with Gasteiger partial charge in [-0.25, -0.2) is 0 Å². The van der Waals surface area contributed by atoms with Crippen molar-refractivity contribution in [1.82, 2.24) is 0 Å². The quantitative estimate of drug-likeness (QED) is 0.794. The van der Waals surface area contributed by atoms with Crippen molar-refractivity contribution in [3.8, 4) is 5.75 Å². The van der Waals surface area contributed by atoms with Crippen molar-refractivity contribution in [2.45, 2.75) is 25.3 Å². The molecule has 2 nitrogen and oxygen atoms in total. The molecule has 0 radical (unpaired) electrons. The molecule has 1 aromatic rings. The Bertz CT molecular complexity index is 335. The zero-order valence-electron chi connectivity index (χ0n) is 7.47. The van der Waals surface area contributed by atoms with Gasteiger partial charge in [0.05, 0.1) is 4.47 Å². The molecule has 0 aliphatic heterocycles. The average molecular weight is 242 g/mol. The maximum Gasteiger partial charge on any atom is 0.132 e. The molecule has 0 unspecified atom stereocenters. The molecule has 70 valence electrons. The third kappa shape index (κ3) is 1.46. The van der Waals surface area contributed by atoms with E-state index in [0.717, 1.165) is 28.4 Å². The smallest absolute Gasteiger partial charge is 0.132 e. The minimum Gasteiger partial charge on any atom is -0.506 e. The number of phenolic OH excluding ortho intramolecular Hbond substituents is 1. The highest BCUT2D eigenvalue weighted by atomic mass is 79.9. The van der Waals surface area contributed by atoms with E-state index in [1.54, 1.807) is 0 Å². The van der Waals surface area contributed by atoms with E-state index in [4.69, 9.17) is 5.73 Å². The molecular weight excluding hydrogens is 230 g/mol. The third-order valence-corrected chi connectivity index (χ3v) is 3.22. The normalized spacial score (nSPS) is 18.7. The summed E-state index contributed by atoms with van der Waals surface area (Å²) in [5, 5.41) is 9.53. The van der Waals surface area contributed by atoms with Crippen molar-refractivity contribution in [3.63, 3.8) is 0 Å². The van der Waals surface area contributed by atoms with Gasteiger partial charge < -0.3 is 10.8 Å². The number of phenols is 1. The van der Waals surface area contributed by atoms with Crippen LogP contribution in [-0.2, 0) is 5.54 Å². The second-order valence-electron chi connectivity index (χ2n) is 3.78. The van der Waals surface area contributed by atoms with Crippen molar-refractivity contribution in [2.24, 2.45) is 5.73 Å². The second-order valence-corrected chi connectivity index (χ2v) is 4.63. The first-order valence-electron chi connectivity index (χ1n) is 4.31. The van der Waals surface area contributed by atoms with Gasteiger partial charge in [-0.05, 0) is 52.9 Å². The largest absolute Gasteiger partial charge is 0.506 e. The highest BCUT2D eigenvalue weighted by molar-refractivity contribution is 9.10. The van der Waals surface area contributed by atoms with Gasteiger partial charge in [-0.15, -0.1) is 0 Å². The lowest BCUT2D eigenvalue weighted by Gasteiger charge is -2.12. The SMILES string of the molecule is Cc1cc(C2(N)CC2)cc(Br)c1O. The van der Waals surface area contributed by atoms with E-state index < -0.39 is 0 Å². The predicted octanol–water partition coefficient (Wildman–Crippen LogP) is 2.41. The fraction of sp³-hybridized carbons (Fsp3) is 0.400. The van der Waals surface area contributed by atoms with Crippen molar-refractivity contribution in [1.29, 1.82) is 0 Å². The summed E-state index contributed by atoms with van der Waals surface area (Å²) in [5.74, 6) is 0.313. The third-order valence-electron chi connectivity index (χ3n) is 2.62. The Hall–Kier alpha value is -0.540. The Kier molecular flexibility index (Phi) is 1.89. The summed E-state index contributed by atoms with van der Waals surface area (Å²) in [6, 6.07) is 3.88. The minimum absolute atomic E-state index is 0.124. The summed E-state index contributed by atoms with van der Waals surface area (Å²) in [6.07, 6.45) is 2.09. The lowest BCUT2D eigenvalue weighted by molar-refractivity contribution is 0.467. The summed E-state index contributed by atoms with van der Waals surface area (Å²) >= 11 is 3.31. The van der Waals surface area contributed by atoms with Gasteiger partial charge in [0.1, 0.15) is 5.75 Å². The van der Waals surface area contributed by atoms with Crippen LogP contribution in [0.25, 0.3) is 0 Å². The van der Waals surface area contributed by atoms with E-state index in [9.17, 15) is 5.11 Å². The first-order valence-corrected chi connectivity index (χ1v) is 5.11. The van der Waals surface area contributed by atoms with Gasteiger partial charge in [-0.2, -0.15) is 0 Å². The van der Waals surface area contributed by atoms with Gasteiger partial charge in [-0.3, -0.25) is 0 Å². The molecule has 0 bridgehead atoms. The van der Waals surface area contributed by atoms with Gasteiger partial charge in [0.15, 0.2) is 0 Å². The van der Waals surface area contributed by atoms with E-state index >= 15 is 0 Å². The molecule has 0 aromatic heterocycles. The lowest BCUT2D eigenvalue weighted by Crippen LogP contribution is -2.18. The maximum atomic E-state index is 9.53. The number of rotatable bonds is 1. The van der Waals surface area contributed by atoms with E-state index in [0.29, 0.717) is 5.75 Å². The molecular formula is C10H12BrNO. The lowest BCUT2D eigenvalue weighted by atomic mass is 10.0. The highest BCUT2D eigenvalue weighted by Crippen LogP contribution is 2.45. The molecule has 0 amide bonds. The Balaban J connectivity index is 2.50. The zero-order valence-corrected chi connectivity index (χ0v) is 9.06. The fourth-order valence-corrected chi connectivity index (χ4v) is 2.01. The van der Waals surface area contributed by atoms with Gasteiger partial charge in [-0.1, -0.05) is 6.07 Å². The Labute approximate surface area is 85.9 Å². The van der Waals surface area contributed by atoms with Crippen LogP contribution < -0.4 is 5.73 Å². The molecule has 2 rings (SSSR count). The molecule has 1 aliphatic rings. The number of aryl methyl sites for hydroxylation is 1. The zero-order chi connectivity index (χ0) is 9.64. The topological polar surface area (TPSA) is 46.2 Å². The Morgan fingerprint density at radius 1 is 1.46 bits per heavy atom. The summed E-state index contributed by atoms with van der Waals surface area (Å²) in [6.45, 7) is 1.88. The molecule has 0 heterocycles. The maximum absolute atomic E-state index is 9.53. The molecule has 1 aliphatic carbocycles. The molecule has 13 heavy (non-hydrogen) atoms. The summed E-state index contributed by atoms with van der Waals surface area (Å²) in [5.41, 5.74) is 7.93. The van der Waals surface area contributed by atoms with Crippen LogP contribution in [-0.4, -0.2) is 5.11 Å². The molecule has 1 saturated carbocycles. The Morgan fingerprint density at radius 3 is 2.54 bits per heavy atom. The van der Waals surface area contributed by atoms with E-state index in [-0.39, 0.29) is 5.54 Å². The van der Waals surface area contributed by atoms with Gasteiger partial charge in [0, 0.05) is 5.54 Å². The summed E-state index contributed by atoms with van der Waals surface area (Å²) < 4.78 is 0.735. The highest BCUT2D eigenvalue weighted by Gasteiger charge is 2.40. The molecule has 3 N–H and O–H groups in total. The van der Waals surface area contributed by atoms with Crippen molar-refractivity contribution in [2.75, 3.05) is 0 Å². The molecule has 1 fully saturated rings. The standard InChI is InChI=1S/C10H12BrNO/c1-6-4-7(10(12)2-3-10)5-8(11)9(6)13/h4-5,13H,2-3,12H2,1H3. The molecule has 3 heteroatoms. The van der Waals surface area contributed by atoms with E-state index in [1.165, 1.54) is 0 Å². The number of nitrogens with two attached hydrogens (primary N) is 1. The van der Waals surface area contributed by atoms with Crippen molar-refractivity contribution >= 4 is 15.9 Å². The van der Waals surface area contributed by atoms with Crippen molar-refractivity contribution in [3.05, 3.63) is 27.7 Å². The monoisotopic (exact) mass is 241 g/mol. The number of halogens is 1. The van der Waals surface area contributed by atoms with E-state index in [1.807, 2.05) is 19.1 Å². The van der Waals surface area contributed by atoms with Crippen LogP contribution in [0.2, 0.25) is 0 Å². The molecule has 0 atom stereocenters. The van der Waals surface area contributed by atoms with E-state index in [2.05, 4.69) is 15.9 Å². The molecule has 1 aromatic carbocycles. The van der Waals surface area contributed by atoms with Crippen LogP contribution in [0, 0.1) is 6.92 Å². The predicted molar refractivity (Wildman–Crippen MR) is 55.6 cm³/mol. The minimum atomic E-state index is -0.124. The number of hydrogen-bond donors (Lipinski definition) is 2. The second kappa shape index (κ2) is 2.72. The first-order chi connectivity index (χ1) is 6.03. The van der Waals surface area contributed by atoms with Crippen LogP contribution in [0.15, 0.2) is 16.6 Å². The molecule has 0 spiro atoms. The van der Waals surface area contributed by atoms with Crippen LogP contribution in [0.4, 0.5) is 0 Å². The number of hydrogen-bond acceptors (Lipinski definition) is 2. The fourth-order valence-electron chi connectivity index (χ4n) is 1.45. The van der Waals surface area contributed by atoms with Gasteiger partial charge in [0.2, 0.25) is 0 Å². The number of benzene rings is 1. The number of aromatic hydroxyl groups is 1. The average Bonchev–Trinajstić information content (AvgIpc) is 2.80. The van der Waals surface area contributed by atoms with Crippen LogP contribution in [0.1, 0.15) is 24.0 Å². The molecule has 0 saturated heterocycles. The van der Waals surface area contributed by atoms with Crippen LogP contribution >= 0.6 is 15.9 Å². The van der Waals surface area contributed by atoms with Crippen LogP contribution in [0.3, 0.4) is 0 Å². The first kappa shape index (κ1) is 9.03. The summed E-state index contributed by atoms with van der Waals surface area (Å²) in [7, 11) is 0. The Morgan fingerprint density at radius 2 is 2.08 bits per heavy atom. The van der Waals surface area contributed by atoms with Gasteiger partial charge in [0.25, 0.3) is 0 Å². The van der Waals surface area contributed by atoms with Crippen molar-refractivity contribution < 1.29 is 5.11 Å².